The molecule has 1 saturated heterocycles. The number of halogens is 1. The predicted molar refractivity (Wildman–Crippen MR) is 116 cm³/mol. The van der Waals surface area contributed by atoms with Crippen LogP contribution >= 0.6 is 0 Å². The van der Waals surface area contributed by atoms with Crippen molar-refractivity contribution in [1.82, 2.24) is 10.6 Å². The van der Waals surface area contributed by atoms with Gasteiger partial charge in [0.1, 0.15) is 17.3 Å². The van der Waals surface area contributed by atoms with Crippen molar-refractivity contribution in [2.45, 2.75) is 44.1 Å². The fourth-order valence-electron chi connectivity index (χ4n) is 3.92. The number of hydrogen-bond acceptors (Lipinski definition) is 4. The average Bonchev–Trinajstić information content (AvgIpc) is 3.15. The number of carbonyl (C=O) groups is 2. The molecule has 1 fully saturated rings. The Hall–Kier alpha value is -3.09. The highest BCUT2D eigenvalue weighted by molar-refractivity contribution is 5.80. The second kappa shape index (κ2) is 10.3. The van der Waals surface area contributed by atoms with Gasteiger partial charge in [0.15, 0.2) is 0 Å². The smallest absolute Gasteiger partial charge is 0.220 e. The van der Waals surface area contributed by atoms with E-state index in [2.05, 4.69) is 10.6 Å². The number of methoxy groups -OCH3 is 2. The minimum absolute atomic E-state index is 0.0613. The molecule has 3 rings (SSSR count). The van der Waals surface area contributed by atoms with Gasteiger partial charge in [0, 0.05) is 31.0 Å². The molecule has 1 aliphatic heterocycles. The maximum absolute atomic E-state index is 14.5. The molecule has 0 bridgehead atoms. The molecular formula is C24H29FN2O4. The zero-order valence-corrected chi connectivity index (χ0v) is 18.0. The van der Waals surface area contributed by atoms with E-state index in [-0.39, 0.29) is 24.1 Å². The molecule has 0 aliphatic carbocycles. The first-order valence-electron chi connectivity index (χ1n) is 10.5. The van der Waals surface area contributed by atoms with Crippen molar-refractivity contribution in [3.05, 3.63) is 59.4 Å². The molecule has 1 aliphatic rings. The fraction of sp³-hybridized carbons (Fsp3) is 0.417. The predicted octanol–water partition coefficient (Wildman–Crippen LogP) is 3.17. The Morgan fingerprint density at radius 2 is 1.84 bits per heavy atom. The van der Waals surface area contributed by atoms with Crippen LogP contribution in [0, 0.1) is 5.82 Å². The monoisotopic (exact) mass is 428 g/mol. The molecule has 0 aromatic heterocycles. The number of nitrogens with one attached hydrogen (secondary N) is 2. The van der Waals surface area contributed by atoms with Gasteiger partial charge >= 0.3 is 0 Å². The molecule has 6 nitrogen and oxygen atoms in total. The first-order chi connectivity index (χ1) is 14.9. The summed E-state index contributed by atoms with van der Waals surface area (Å²) in [6.07, 6.45) is 2.74. The van der Waals surface area contributed by atoms with Gasteiger partial charge in [-0.1, -0.05) is 18.2 Å². The molecule has 1 atom stereocenters. The largest absolute Gasteiger partial charge is 0.497 e. The lowest BCUT2D eigenvalue weighted by Gasteiger charge is -2.29. The maximum Gasteiger partial charge on any atom is 0.220 e. The van der Waals surface area contributed by atoms with Crippen LogP contribution in [0.4, 0.5) is 4.39 Å². The van der Waals surface area contributed by atoms with Crippen LogP contribution < -0.4 is 20.1 Å². The van der Waals surface area contributed by atoms with Crippen LogP contribution in [0.25, 0.3) is 0 Å². The number of ether oxygens (including phenoxy) is 2. The summed E-state index contributed by atoms with van der Waals surface area (Å²) in [6, 6.07) is 12.4. The van der Waals surface area contributed by atoms with Gasteiger partial charge in [-0.05, 0) is 55.0 Å². The van der Waals surface area contributed by atoms with E-state index in [0.717, 1.165) is 11.3 Å². The highest BCUT2D eigenvalue weighted by Crippen LogP contribution is 2.31. The van der Waals surface area contributed by atoms with E-state index in [4.69, 9.17) is 9.47 Å². The van der Waals surface area contributed by atoms with Crippen LogP contribution in [0.2, 0.25) is 0 Å². The van der Waals surface area contributed by atoms with E-state index in [1.165, 1.54) is 13.2 Å². The molecular weight excluding hydrogens is 399 g/mol. The second-order valence-corrected chi connectivity index (χ2v) is 7.91. The van der Waals surface area contributed by atoms with E-state index in [1.54, 1.807) is 19.2 Å². The van der Waals surface area contributed by atoms with Crippen LogP contribution in [0.15, 0.2) is 42.5 Å². The summed E-state index contributed by atoms with van der Waals surface area (Å²) in [5.74, 6) is 0.730. The highest BCUT2D eigenvalue weighted by atomic mass is 19.1. The lowest BCUT2D eigenvalue weighted by Crippen LogP contribution is -2.44. The molecule has 0 saturated carbocycles. The van der Waals surface area contributed by atoms with Gasteiger partial charge in [0.05, 0.1) is 14.2 Å². The molecule has 2 amide bonds. The van der Waals surface area contributed by atoms with Gasteiger partial charge in [0.25, 0.3) is 0 Å². The fourth-order valence-corrected chi connectivity index (χ4v) is 3.92. The topological polar surface area (TPSA) is 76.7 Å². The van der Waals surface area contributed by atoms with Crippen molar-refractivity contribution in [2.24, 2.45) is 0 Å². The molecule has 0 spiro atoms. The van der Waals surface area contributed by atoms with E-state index < -0.39 is 5.54 Å². The van der Waals surface area contributed by atoms with Gasteiger partial charge in [-0.15, -0.1) is 0 Å². The molecule has 2 aromatic rings. The third kappa shape index (κ3) is 6.20. The van der Waals surface area contributed by atoms with Crippen LogP contribution in [-0.4, -0.2) is 38.1 Å². The summed E-state index contributed by atoms with van der Waals surface area (Å²) in [4.78, 5) is 24.3. The molecule has 1 unspecified atom stereocenters. The molecule has 0 radical (unpaired) electrons. The lowest BCUT2D eigenvalue weighted by atomic mass is 9.84. The normalized spacial score (nSPS) is 17.8. The first kappa shape index (κ1) is 22.6. The van der Waals surface area contributed by atoms with Gasteiger partial charge in [-0.25, -0.2) is 4.39 Å². The summed E-state index contributed by atoms with van der Waals surface area (Å²) in [6.45, 7) is 0.525. The van der Waals surface area contributed by atoms with E-state index in [9.17, 15) is 14.0 Å². The van der Waals surface area contributed by atoms with E-state index >= 15 is 0 Å². The van der Waals surface area contributed by atoms with Crippen LogP contribution in [-0.2, 0) is 22.4 Å². The van der Waals surface area contributed by atoms with Gasteiger partial charge in [0.2, 0.25) is 11.8 Å². The molecule has 2 aromatic carbocycles. The quantitative estimate of drug-likeness (QED) is 0.610. The van der Waals surface area contributed by atoms with Crippen LogP contribution in [0.3, 0.4) is 0 Å². The Labute approximate surface area is 182 Å². The summed E-state index contributed by atoms with van der Waals surface area (Å²) in [5.41, 5.74) is 0.998. The zero-order valence-electron chi connectivity index (χ0n) is 18.0. The molecule has 31 heavy (non-hydrogen) atoms. The minimum Gasteiger partial charge on any atom is -0.497 e. The standard InChI is InChI=1S/C24H29FN2O4/c1-30-19-6-3-17(4-7-19)11-14-26-22(28)9-12-24(13-10-23(29)27-24)16-18-5-8-20(31-2)15-21(18)25/h3-8,15H,9-14,16H2,1-2H3,(H,26,28)(H,27,29). The zero-order chi connectivity index (χ0) is 22.3. The highest BCUT2D eigenvalue weighted by Gasteiger charge is 2.38. The molecule has 166 valence electrons. The molecule has 2 N–H and O–H groups in total. The average molecular weight is 429 g/mol. The number of hydrogen-bond donors (Lipinski definition) is 2. The molecule has 1 heterocycles. The van der Waals surface area contributed by atoms with Gasteiger partial charge < -0.3 is 20.1 Å². The van der Waals surface area contributed by atoms with Crippen LogP contribution in [0.1, 0.15) is 36.8 Å². The Morgan fingerprint density at radius 3 is 2.45 bits per heavy atom. The van der Waals surface area contributed by atoms with Gasteiger partial charge in [-0.2, -0.15) is 0 Å². The number of amides is 2. The second-order valence-electron chi connectivity index (χ2n) is 7.91. The van der Waals surface area contributed by atoms with Crippen molar-refractivity contribution in [3.63, 3.8) is 0 Å². The Kier molecular flexibility index (Phi) is 7.50. The van der Waals surface area contributed by atoms with Crippen LogP contribution in [0.5, 0.6) is 11.5 Å². The Bertz CT molecular complexity index is 916. The lowest BCUT2D eigenvalue weighted by molar-refractivity contribution is -0.122. The van der Waals surface area contributed by atoms with Crippen molar-refractivity contribution in [1.29, 1.82) is 0 Å². The minimum atomic E-state index is -0.611. The summed E-state index contributed by atoms with van der Waals surface area (Å²) >= 11 is 0. The summed E-state index contributed by atoms with van der Waals surface area (Å²) in [7, 11) is 3.11. The maximum atomic E-state index is 14.5. The van der Waals surface area contributed by atoms with Crippen molar-refractivity contribution in [2.75, 3.05) is 20.8 Å². The van der Waals surface area contributed by atoms with E-state index in [0.29, 0.717) is 50.0 Å². The van der Waals surface area contributed by atoms with Crippen molar-refractivity contribution in [3.8, 4) is 11.5 Å². The summed E-state index contributed by atoms with van der Waals surface area (Å²) in [5, 5.41) is 5.92. The van der Waals surface area contributed by atoms with Crippen molar-refractivity contribution >= 4 is 11.8 Å². The van der Waals surface area contributed by atoms with Crippen molar-refractivity contribution < 1.29 is 23.5 Å². The summed E-state index contributed by atoms with van der Waals surface area (Å²) < 4.78 is 24.6. The number of benzene rings is 2. The SMILES string of the molecule is COc1ccc(CCNC(=O)CCC2(Cc3ccc(OC)cc3F)CCC(=O)N2)cc1. The van der Waals surface area contributed by atoms with E-state index in [1.807, 2.05) is 24.3 Å². The first-order valence-corrected chi connectivity index (χ1v) is 10.5. The number of carbonyl (C=O) groups excluding carboxylic acids is 2. The third-order valence-electron chi connectivity index (χ3n) is 5.75. The Morgan fingerprint density at radius 1 is 1.13 bits per heavy atom. The van der Waals surface area contributed by atoms with Gasteiger partial charge in [-0.3, -0.25) is 9.59 Å². The Balaban J connectivity index is 1.53. The molecule has 7 heteroatoms. The third-order valence-corrected chi connectivity index (χ3v) is 5.75. The number of rotatable bonds is 10.